The number of carbonyl (C=O) groups is 1. The Kier molecular flexibility index (Phi) is 19.2. The molecule has 0 aliphatic heterocycles. The Morgan fingerprint density at radius 2 is 1.33 bits per heavy atom. The van der Waals surface area contributed by atoms with Gasteiger partial charge in [0.2, 0.25) is 0 Å². The maximum Gasteiger partial charge on any atom is 0.404 e. The topological polar surface area (TPSA) is 111 Å². The zero-order valence-corrected chi connectivity index (χ0v) is 22.6. The number of hydrogen-bond acceptors (Lipinski definition) is 6. The molecule has 8 nitrogen and oxygen atoms in total. The molecule has 2 unspecified atom stereocenters. The monoisotopic (exact) mass is 494 g/mol. The van der Waals surface area contributed by atoms with Gasteiger partial charge >= 0.3 is 6.09 Å². The minimum Gasteiger partial charge on any atom is -0.756 e. The normalized spacial score (nSPS) is 14.7. The number of nitrogens with two attached hydrogens (primary N) is 1. The first kappa shape index (κ1) is 32.3. The van der Waals surface area contributed by atoms with Crippen LogP contribution in [0.1, 0.15) is 103 Å². The molecule has 9 heteroatoms. The Morgan fingerprint density at radius 1 is 0.879 bits per heavy atom. The summed E-state index contributed by atoms with van der Waals surface area (Å²) in [6.07, 6.45) is 16.2. The van der Waals surface area contributed by atoms with Crippen LogP contribution < -0.4 is 10.6 Å². The SMILES string of the molecule is CCCCCCCCCCCCCCCCC(COC(N)=O)OP(=O)([O-])OCC[N+](C)(C)C. The van der Waals surface area contributed by atoms with E-state index in [1.807, 2.05) is 21.1 Å². The fourth-order valence-electron chi connectivity index (χ4n) is 3.55. The highest BCUT2D eigenvalue weighted by Crippen LogP contribution is 2.40. The van der Waals surface area contributed by atoms with Crippen molar-refractivity contribution in [2.75, 3.05) is 40.9 Å². The average Bonchev–Trinajstić information content (AvgIpc) is 2.70. The number of ether oxygens (including phenoxy) is 1. The summed E-state index contributed by atoms with van der Waals surface area (Å²) >= 11 is 0. The minimum atomic E-state index is -4.47. The summed E-state index contributed by atoms with van der Waals surface area (Å²) in [7, 11) is 1.36. The Balaban J connectivity index is 3.95. The highest BCUT2D eigenvalue weighted by atomic mass is 31.2. The van der Waals surface area contributed by atoms with Gasteiger partial charge in [-0.05, 0) is 6.42 Å². The maximum absolute atomic E-state index is 12.1. The summed E-state index contributed by atoms with van der Waals surface area (Å²) in [4.78, 5) is 23.0. The number of unbranched alkanes of at least 4 members (excludes halogenated alkanes) is 13. The number of amides is 1. The second-order valence-corrected chi connectivity index (χ2v) is 11.4. The van der Waals surface area contributed by atoms with E-state index in [4.69, 9.17) is 19.5 Å². The van der Waals surface area contributed by atoms with Crippen LogP contribution in [0.25, 0.3) is 0 Å². The summed E-state index contributed by atoms with van der Waals surface area (Å²) in [6.45, 7) is 2.61. The summed E-state index contributed by atoms with van der Waals surface area (Å²) in [5.41, 5.74) is 5.02. The van der Waals surface area contributed by atoms with Crippen LogP contribution in [0.5, 0.6) is 0 Å². The van der Waals surface area contributed by atoms with Crippen molar-refractivity contribution < 1.29 is 32.5 Å². The predicted octanol–water partition coefficient (Wildman–Crippen LogP) is 5.53. The lowest BCUT2D eigenvalue weighted by Gasteiger charge is -2.30. The molecule has 0 rings (SSSR count). The number of rotatable bonds is 23. The lowest BCUT2D eigenvalue weighted by molar-refractivity contribution is -0.870. The summed E-state index contributed by atoms with van der Waals surface area (Å²) in [5, 5.41) is 0. The molecule has 1 amide bonds. The Bertz CT molecular complexity index is 528. The van der Waals surface area contributed by atoms with E-state index >= 15 is 0 Å². The molecule has 0 aliphatic rings. The zero-order chi connectivity index (χ0) is 25.0. The van der Waals surface area contributed by atoms with Crippen molar-refractivity contribution in [3.05, 3.63) is 0 Å². The van der Waals surface area contributed by atoms with Gasteiger partial charge in [0, 0.05) is 0 Å². The maximum atomic E-state index is 12.1. The number of quaternary nitrogens is 1. The molecule has 0 saturated carbocycles. The summed E-state index contributed by atoms with van der Waals surface area (Å²) in [5.74, 6) is 0. The van der Waals surface area contributed by atoms with Crippen molar-refractivity contribution in [1.29, 1.82) is 0 Å². The molecule has 2 atom stereocenters. The quantitative estimate of drug-likeness (QED) is 0.114. The van der Waals surface area contributed by atoms with Gasteiger partial charge < -0.3 is 28.9 Å². The highest BCUT2D eigenvalue weighted by Gasteiger charge is 2.20. The van der Waals surface area contributed by atoms with Crippen molar-refractivity contribution in [1.82, 2.24) is 0 Å². The molecule has 0 radical (unpaired) electrons. The molecular weight excluding hydrogens is 443 g/mol. The number of hydrogen-bond donors (Lipinski definition) is 1. The number of likely N-dealkylation sites (N-methyl/N-ethyl adjacent to an activating group) is 1. The van der Waals surface area contributed by atoms with Crippen molar-refractivity contribution in [2.24, 2.45) is 5.73 Å². The second-order valence-electron chi connectivity index (χ2n) is 10.0. The van der Waals surface area contributed by atoms with E-state index in [2.05, 4.69) is 6.92 Å². The molecule has 0 heterocycles. The van der Waals surface area contributed by atoms with Gasteiger partial charge in [-0.3, -0.25) is 4.57 Å². The van der Waals surface area contributed by atoms with E-state index in [1.165, 1.54) is 70.6 Å². The van der Waals surface area contributed by atoms with Crippen LogP contribution >= 0.6 is 7.82 Å². The fourth-order valence-corrected chi connectivity index (χ4v) is 4.45. The molecule has 0 aromatic carbocycles. The van der Waals surface area contributed by atoms with E-state index in [-0.39, 0.29) is 13.2 Å². The lowest BCUT2D eigenvalue weighted by Crippen LogP contribution is -2.37. The van der Waals surface area contributed by atoms with Crippen LogP contribution in [-0.2, 0) is 18.3 Å². The van der Waals surface area contributed by atoms with Gasteiger partial charge in [0.05, 0.1) is 21.1 Å². The minimum absolute atomic E-state index is 0.0343. The van der Waals surface area contributed by atoms with Crippen molar-refractivity contribution in [3.8, 4) is 0 Å². The molecule has 0 aliphatic carbocycles. The van der Waals surface area contributed by atoms with Crippen LogP contribution in [0.3, 0.4) is 0 Å². The summed E-state index contributed by atoms with van der Waals surface area (Å²) < 4.78 is 27.6. The van der Waals surface area contributed by atoms with Crippen LogP contribution in [0.15, 0.2) is 0 Å². The van der Waals surface area contributed by atoms with Crippen molar-refractivity contribution in [3.63, 3.8) is 0 Å². The van der Waals surface area contributed by atoms with Gasteiger partial charge in [0.1, 0.15) is 25.9 Å². The fraction of sp³-hybridized carbons (Fsp3) is 0.958. The lowest BCUT2D eigenvalue weighted by atomic mass is 10.0. The molecular formula is C24H51N2O6P. The van der Waals surface area contributed by atoms with Gasteiger partial charge in [-0.2, -0.15) is 0 Å². The Hall–Kier alpha value is -0.660. The number of primary amides is 1. The van der Waals surface area contributed by atoms with E-state index in [0.717, 1.165) is 19.3 Å². The Morgan fingerprint density at radius 3 is 1.76 bits per heavy atom. The van der Waals surface area contributed by atoms with Gasteiger partial charge in [-0.1, -0.05) is 96.8 Å². The predicted molar refractivity (Wildman–Crippen MR) is 132 cm³/mol. The van der Waals surface area contributed by atoms with Gasteiger partial charge in [-0.25, -0.2) is 4.79 Å². The first-order valence-corrected chi connectivity index (χ1v) is 14.4. The average molecular weight is 495 g/mol. The smallest absolute Gasteiger partial charge is 0.404 e. The molecule has 2 N–H and O–H groups in total. The van der Waals surface area contributed by atoms with Crippen LogP contribution in [0, 0.1) is 0 Å². The van der Waals surface area contributed by atoms with E-state index in [1.54, 1.807) is 0 Å². The first-order valence-electron chi connectivity index (χ1n) is 12.9. The third kappa shape index (κ3) is 24.3. The standard InChI is InChI=1S/C24H51N2O6P/c1-5-6-7-8-9-10-11-12-13-14-15-16-17-18-19-23(22-30-24(25)27)32-33(28,29)31-21-20-26(2,3)4/h23H,5-22H2,1-4H3,(H2-,25,27,28,29). The Labute approximate surface area is 202 Å². The molecule has 33 heavy (non-hydrogen) atoms. The molecule has 0 saturated heterocycles. The van der Waals surface area contributed by atoms with E-state index in [9.17, 15) is 14.3 Å². The van der Waals surface area contributed by atoms with Gasteiger partial charge in [-0.15, -0.1) is 0 Å². The van der Waals surface area contributed by atoms with Gasteiger partial charge in [0.25, 0.3) is 7.82 Å². The van der Waals surface area contributed by atoms with Crippen LogP contribution in [0.2, 0.25) is 0 Å². The first-order chi connectivity index (χ1) is 15.6. The van der Waals surface area contributed by atoms with E-state index < -0.39 is 20.0 Å². The molecule has 0 aromatic heterocycles. The highest BCUT2D eigenvalue weighted by molar-refractivity contribution is 7.45. The second kappa shape index (κ2) is 19.6. The molecule has 0 fully saturated rings. The van der Waals surface area contributed by atoms with Crippen molar-refractivity contribution in [2.45, 2.75) is 109 Å². The molecule has 0 aromatic rings. The largest absolute Gasteiger partial charge is 0.756 e. The van der Waals surface area contributed by atoms with E-state index in [0.29, 0.717) is 17.4 Å². The number of nitrogens with zero attached hydrogens (tertiary/aromatic N) is 1. The molecule has 0 bridgehead atoms. The summed E-state index contributed by atoms with van der Waals surface area (Å²) in [6, 6.07) is 0. The van der Waals surface area contributed by atoms with Crippen molar-refractivity contribution >= 4 is 13.9 Å². The third-order valence-electron chi connectivity index (χ3n) is 5.58. The van der Waals surface area contributed by atoms with Crippen LogP contribution in [-0.4, -0.2) is 57.6 Å². The van der Waals surface area contributed by atoms with Gasteiger partial charge in [0.15, 0.2) is 0 Å². The third-order valence-corrected chi connectivity index (χ3v) is 6.64. The number of carbonyl (C=O) groups excluding carboxylic acids is 1. The number of phosphoric ester groups is 1. The number of phosphoric acid groups is 1. The van der Waals surface area contributed by atoms with Crippen LogP contribution in [0.4, 0.5) is 4.79 Å². The zero-order valence-electron chi connectivity index (χ0n) is 21.7. The molecule has 0 spiro atoms. The molecule has 198 valence electrons.